The van der Waals surface area contributed by atoms with Crippen molar-refractivity contribution in [3.05, 3.63) is 23.2 Å². The summed E-state index contributed by atoms with van der Waals surface area (Å²) in [5.41, 5.74) is 1.08. The molecule has 3 rings (SSSR count). The molecule has 0 amide bonds. The van der Waals surface area contributed by atoms with Gasteiger partial charge in [0.25, 0.3) is 0 Å². The number of fused-ring (bicyclic) bond motifs is 3. The summed E-state index contributed by atoms with van der Waals surface area (Å²) < 4.78 is 5.77. The van der Waals surface area contributed by atoms with Gasteiger partial charge in [0.2, 0.25) is 0 Å². The van der Waals surface area contributed by atoms with Crippen LogP contribution in [0, 0.1) is 0 Å². The maximum Gasteiger partial charge on any atom is 0.144 e. The van der Waals surface area contributed by atoms with E-state index in [0.717, 1.165) is 49.1 Å². The maximum absolute atomic E-state index is 6.29. The predicted octanol–water partition coefficient (Wildman–Crippen LogP) is 1.90. The molecule has 0 aromatic heterocycles. The van der Waals surface area contributed by atoms with E-state index in [1.807, 2.05) is 18.2 Å². The molecule has 1 saturated heterocycles. The smallest absolute Gasteiger partial charge is 0.144 e. The zero-order valence-electron chi connectivity index (χ0n) is 9.08. The van der Waals surface area contributed by atoms with Crippen molar-refractivity contribution in [1.82, 2.24) is 5.32 Å². The van der Waals surface area contributed by atoms with Crippen molar-refractivity contribution in [1.29, 1.82) is 0 Å². The first-order chi connectivity index (χ1) is 7.86. The van der Waals surface area contributed by atoms with Crippen molar-refractivity contribution in [3.8, 4) is 5.75 Å². The minimum absolute atomic E-state index is 0.509. The monoisotopic (exact) mass is 238 g/mol. The van der Waals surface area contributed by atoms with E-state index < -0.39 is 0 Å². The number of ether oxygens (including phenoxy) is 1. The third-order valence-corrected chi connectivity index (χ3v) is 3.60. The van der Waals surface area contributed by atoms with E-state index in [0.29, 0.717) is 6.04 Å². The highest BCUT2D eigenvalue weighted by molar-refractivity contribution is 6.33. The number of piperazine rings is 1. The summed E-state index contributed by atoms with van der Waals surface area (Å²) in [6, 6.07) is 6.40. The Hall–Kier alpha value is -0.930. The van der Waals surface area contributed by atoms with E-state index in [1.165, 1.54) is 0 Å². The van der Waals surface area contributed by atoms with E-state index >= 15 is 0 Å². The molecule has 16 heavy (non-hydrogen) atoms. The van der Waals surface area contributed by atoms with Crippen LogP contribution in [0.2, 0.25) is 5.02 Å². The quantitative estimate of drug-likeness (QED) is 0.747. The third kappa shape index (κ3) is 1.64. The molecule has 1 fully saturated rings. The number of hydrogen-bond acceptors (Lipinski definition) is 3. The van der Waals surface area contributed by atoms with Crippen molar-refractivity contribution >= 4 is 17.3 Å². The Morgan fingerprint density at radius 3 is 3.31 bits per heavy atom. The largest absolute Gasteiger partial charge is 0.491 e. The molecule has 2 aliphatic rings. The molecule has 1 atom stereocenters. The summed E-state index contributed by atoms with van der Waals surface area (Å²) >= 11 is 6.29. The third-order valence-electron chi connectivity index (χ3n) is 3.30. The van der Waals surface area contributed by atoms with Gasteiger partial charge in [-0.15, -0.1) is 0 Å². The van der Waals surface area contributed by atoms with Gasteiger partial charge >= 0.3 is 0 Å². The molecule has 0 radical (unpaired) electrons. The van der Waals surface area contributed by atoms with Crippen molar-refractivity contribution in [2.75, 3.05) is 31.1 Å². The Balaban J connectivity index is 2.06. The van der Waals surface area contributed by atoms with E-state index in [4.69, 9.17) is 16.3 Å². The number of anilines is 1. The second kappa shape index (κ2) is 4.15. The lowest BCUT2D eigenvalue weighted by molar-refractivity contribution is 0.304. The SMILES string of the molecule is Clc1cccc2c1N1CCNC[C@@H]1CCO2. The zero-order valence-corrected chi connectivity index (χ0v) is 9.83. The molecule has 0 bridgehead atoms. The Kier molecular flexibility index (Phi) is 2.65. The lowest BCUT2D eigenvalue weighted by Crippen LogP contribution is -2.51. The van der Waals surface area contributed by atoms with Crippen LogP contribution < -0.4 is 15.0 Å². The van der Waals surface area contributed by atoms with Gasteiger partial charge in [0, 0.05) is 32.1 Å². The van der Waals surface area contributed by atoms with Crippen LogP contribution in [0.3, 0.4) is 0 Å². The maximum atomic E-state index is 6.29. The molecule has 0 aliphatic carbocycles. The van der Waals surface area contributed by atoms with Gasteiger partial charge in [0.15, 0.2) is 0 Å². The van der Waals surface area contributed by atoms with Crippen LogP contribution in [0.5, 0.6) is 5.75 Å². The van der Waals surface area contributed by atoms with E-state index in [2.05, 4.69) is 10.2 Å². The summed E-state index contributed by atoms with van der Waals surface area (Å²) in [5, 5.41) is 4.22. The molecule has 1 aromatic carbocycles. The molecule has 0 spiro atoms. The molecule has 1 aromatic rings. The highest BCUT2D eigenvalue weighted by Crippen LogP contribution is 2.39. The minimum atomic E-state index is 0.509. The number of rotatable bonds is 0. The number of nitrogens with zero attached hydrogens (tertiary/aromatic N) is 1. The molecule has 86 valence electrons. The van der Waals surface area contributed by atoms with Crippen LogP contribution in [0.15, 0.2) is 18.2 Å². The first-order valence-electron chi connectivity index (χ1n) is 5.75. The van der Waals surface area contributed by atoms with Gasteiger partial charge in [-0.3, -0.25) is 0 Å². The highest BCUT2D eigenvalue weighted by atomic mass is 35.5. The zero-order chi connectivity index (χ0) is 11.0. The van der Waals surface area contributed by atoms with E-state index in [-0.39, 0.29) is 0 Å². The topological polar surface area (TPSA) is 24.5 Å². The summed E-state index contributed by atoms with van der Waals surface area (Å²) in [5.74, 6) is 0.928. The Labute approximate surface area is 100 Å². The molecule has 2 aliphatic heterocycles. The molecule has 4 heteroatoms. The van der Waals surface area contributed by atoms with Crippen LogP contribution in [-0.2, 0) is 0 Å². The Bertz CT molecular complexity index is 397. The van der Waals surface area contributed by atoms with Crippen molar-refractivity contribution in [2.45, 2.75) is 12.5 Å². The van der Waals surface area contributed by atoms with Crippen LogP contribution in [0.4, 0.5) is 5.69 Å². The van der Waals surface area contributed by atoms with Crippen LogP contribution >= 0.6 is 11.6 Å². The van der Waals surface area contributed by atoms with Crippen molar-refractivity contribution in [3.63, 3.8) is 0 Å². The normalized spacial score (nSPS) is 24.1. The van der Waals surface area contributed by atoms with Gasteiger partial charge in [-0.05, 0) is 12.1 Å². The second-order valence-electron chi connectivity index (χ2n) is 4.28. The first kappa shape index (κ1) is 10.2. The van der Waals surface area contributed by atoms with Crippen LogP contribution in [-0.4, -0.2) is 32.3 Å². The molecular formula is C12H15ClN2O. The lowest BCUT2D eigenvalue weighted by atomic mass is 10.1. The van der Waals surface area contributed by atoms with E-state index in [9.17, 15) is 0 Å². The van der Waals surface area contributed by atoms with Crippen molar-refractivity contribution in [2.24, 2.45) is 0 Å². The average Bonchev–Trinajstić information content (AvgIpc) is 2.49. The minimum Gasteiger partial charge on any atom is -0.491 e. The summed E-state index contributed by atoms with van der Waals surface area (Å²) in [7, 11) is 0. The molecule has 3 nitrogen and oxygen atoms in total. The van der Waals surface area contributed by atoms with Gasteiger partial charge < -0.3 is 15.0 Å². The Morgan fingerprint density at radius 1 is 1.44 bits per heavy atom. The van der Waals surface area contributed by atoms with Gasteiger partial charge in [-0.2, -0.15) is 0 Å². The first-order valence-corrected chi connectivity index (χ1v) is 6.13. The molecule has 1 N–H and O–H groups in total. The summed E-state index contributed by atoms with van der Waals surface area (Å²) in [6.45, 7) is 3.82. The number of halogens is 1. The summed E-state index contributed by atoms with van der Waals surface area (Å²) in [6.07, 6.45) is 1.05. The van der Waals surface area contributed by atoms with E-state index in [1.54, 1.807) is 0 Å². The molecular weight excluding hydrogens is 224 g/mol. The second-order valence-corrected chi connectivity index (χ2v) is 4.68. The van der Waals surface area contributed by atoms with Gasteiger partial charge in [-0.1, -0.05) is 17.7 Å². The van der Waals surface area contributed by atoms with Gasteiger partial charge in [0.05, 0.1) is 17.3 Å². The molecule has 0 unspecified atom stereocenters. The van der Waals surface area contributed by atoms with Gasteiger partial charge in [0.1, 0.15) is 5.75 Å². The summed E-state index contributed by atoms with van der Waals surface area (Å²) in [4.78, 5) is 2.39. The number of para-hydroxylation sites is 1. The fourth-order valence-electron chi connectivity index (χ4n) is 2.51. The van der Waals surface area contributed by atoms with Crippen molar-refractivity contribution < 1.29 is 4.74 Å². The average molecular weight is 239 g/mol. The van der Waals surface area contributed by atoms with Crippen LogP contribution in [0.1, 0.15) is 6.42 Å². The number of nitrogens with one attached hydrogen (secondary N) is 1. The predicted molar refractivity (Wildman–Crippen MR) is 65.6 cm³/mol. The van der Waals surface area contributed by atoms with Crippen LogP contribution in [0.25, 0.3) is 0 Å². The lowest BCUT2D eigenvalue weighted by Gasteiger charge is -2.36. The standard InChI is InChI=1S/C12H15ClN2O/c13-10-2-1-3-11-12(10)15-6-5-14-8-9(15)4-7-16-11/h1-3,9,14H,4-8H2/t9-/m0/s1. The fraction of sp³-hybridized carbons (Fsp3) is 0.500. The number of hydrogen-bond donors (Lipinski definition) is 1. The Morgan fingerprint density at radius 2 is 2.38 bits per heavy atom. The molecule has 2 heterocycles. The van der Waals surface area contributed by atoms with Gasteiger partial charge in [-0.25, -0.2) is 0 Å². The fourth-order valence-corrected chi connectivity index (χ4v) is 2.78. The number of benzene rings is 1. The molecule has 0 saturated carbocycles. The highest BCUT2D eigenvalue weighted by Gasteiger charge is 2.28.